The molecule has 1 aromatic carbocycles. The van der Waals surface area contributed by atoms with Crippen LogP contribution in [0.15, 0.2) is 22.7 Å². The van der Waals surface area contributed by atoms with E-state index in [-0.39, 0.29) is 0 Å². The van der Waals surface area contributed by atoms with E-state index in [2.05, 4.69) is 46.0 Å². The van der Waals surface area contributed by atoms with Gasteiger partial charge in [0.2, 0.25) is 0 Å². The SMILES string of the molecule is Cc1ccc(-c2nc(C)c(CN)s2)cc1Br. The Morgan fingerprint density at radius 1 is 1.38 bits per heavy atom. The molecule has 1 heterocycles. The molecule has 2 N–H and O–H groups in total. The standard InChI is InChI=1S/C12H13BrN2S/c1-7-3-4-9(5-10(7)13)12-15-8(2)11(6-14)16-12/h3-5H,6,14H2,1-2H3. The minimum Gasteiger partial charge on any atom is -0.326 e. The van der Waals surface area contributed by atoms with Crippen LogP contribution < -0.4 is 5.73 Å². The van der Waals surface area contributed by atoms with Crippen LogP contribution in [-0.2, 0) is 6.54 Å². The molecule has 0 aliphatic carbocycles. The Labute approximate surface area is 108 Å². The van der Waals surface area contributed by atoms with Crippen molar-refractivity contribution in [3.8, 4) is 10.6 Å². The molecule has 0 unspecified atom stereocenters. The van der Waals surface area contributed by atoms with Crippen LogP contribution in [0.1, 0.15) is 16.1 Å². The molecule has 2 aromatic rings. The van der Waals surface area contributed by atoms with Gasteiger partial charge in [-0.2, -0.15) is 0 Å². The maximum atomic E-state index is 5.66. The Balaban J connectivity index is 2.46. The first-order valence-electron chi connectivity index (χ1n) is 5.04. The van der Waals surface area contributed by atoms with Crippen molar-refractivity contribution in [3.05, 3.63) is 38.8 Å². The van der Waals surface area contributed by atoms with Gasteiger partial charge in [0, 0.05) is 21.5 Å². The molecule has 0 aliphatic rings. The van der Waals surface area contributed by atoms with Crippen molar-refractivity contribution in [2.45, 2.75) is 20.4 Å². The summed E-state index contributed by atoms with van der Waals surface area (Å²) in [6.07, 6.45) is 0. The van der Waals surface area contributed by atoms with Crippen molar-refractivity contribution < 1.29 is 0 Å². The average molecular weight is 297 g/mol. The van der Waals surface area contributed by atoms with Crippen LogP contribution in [0.4, 0.5) is 0 Å². The summed E-state index contributed by atoms with van der Waals surface area (Å²) in [7, 11) is 0. The number of nitrogens with two attached hydrogens (primary N) is 1. The van der Waals surface area contributed by atoms with Crippen LogP contribution in [0, 0.1) is 13.8 Å². The first kappa shape index (κ1) is 11.8. The Morgan fingerprint density at radius 2 is 2.12 bits per heavy atom. The maximum absolute atomic E-state index is 5.66. The molecule has 0 atom stereocenters. The number of nitrogens with zero attached hydrogens (tertiary/aromatic N) is 1. The molecule has 0 saturated heterocycles. The molecule has 0 bridgehead atoms. The lowest BCUT2D eigenvalue weighted by Gasteiger charge is -2.00. The zero-order chi connectivity index (χ0) is 11.7. The van der Waals surface area contributed by atoms with E-state index in [9.17, 15) is 0 Å². The summed E-state index contributed by atoms with van der Waals surface area (Å²) in [5, 5.41) is 1.04. The summed E-state index contributed by atoms with van der Waals surface area (Å²) in [4.78, 5) is 5.70. The third kappa shape index (κ3) is 2.19. The van der Waals surface area contributed by atoms with Gasteiger partial charge in [-0.25, -0.2) is 4.98 Å². The molecule has 0 spiro atoms. The summed E-state index contributed by atoms with van der Waals surface area (Å²) < 4.78 is 1.12. The van der Waals surface area contributed by atoms with Crippen molar-refractivity contribution in [1.29, 1.82) is 0 Å². The number of rotatable bonds is 2. The van der Waals surface area contributed by atoms with E-state index in [1.54, 1.807) is 11.3 Å². The molecule has 0 amide bonds. The summed E-state index contributed by atoms with van der Waals surface area (Å²) >= 11 is 5.21. The van der Waals surface area contributed by atoms with Crippen LogP contribution >= 0.6 is 27.3 Å². The van der Waals surface area contributed by atoms with E-state index in [1.807, 2.05) is 6.92 Å². The van der Waals surface area contributed by atoms with Gasteiger partial charge in [0.15, 0.2) is 0 Å². The van der Waals surface area contributed by atoms with Crippen LogP contribution in [0.5, 0.6) is 0 Å². The van der Waals surface area contributed by atoms with Crippen LogP contribution in [0.2, 0.25) is 0 Å². The number of aromatic nitrogens is 1. The van der Waals surface area contributed by atoms with Gasteiger partial charge in [0.1, 0.15) is 5.01 Å². The molecule has 1 aromatic heterocycles. The number of hydrogen-bond acceptors (Lipinski definition) is 3. The monoisotopic (exact) mass is 296 g/mol. The van der Waals surface area contributed by atoms with Crippen LogP contribution in [0.25, 0.3) is 10.6 Å². The molecule has 2 nitrogen and oxygen atoms in total. The van der Waals surface area contributed by atoms with Crippen molar-refractivity contribution >= 4 is 27.3 Å². The van der Waals surface area contributed by atoms with E-state index in [1.165, 1.54) is 5.56 Å². The highest BCUT2D eigenvalue weighted by Gasteiger charge is 2.08. The fraction of sp³-hybridized carbons (Fsp3) is 0.250. The third-order valence-electron chi connectivity index (χ3n) is 2.50. The molecule has 0 saturated carbocycles. The average Bonchev–Trinajstić information content (AvgIpc) is 2.64. The van der Waals surface area contributed by atoms with Gasteiger partial charge >= 0.3 is 0 Å². The molecule has 84 valence electrons. The largest absolute Gasteiger partial charge is 0.326 e. The van der Waals surface area contributed by atoms with Crippen molar-refractivity contribution in [2.24, 2.45) is 5.73 Å². The van der Waals surface area contributed by atoms with Crippen molar-refractivity contribution in [3.63, 3.8) is 0 Å². The highest BCUT2D eigenvalue weighted by Crippen LogP contribution is 2.30. The van der Waals surface area contributed by atoms with E-state index in [0.717, 1.165) is 25.6 Å². The number of halogens is 1. The van der Waals surface area contributed by atoms with Gasteiger partial charge in [0.25, 0.3) is 0 Å². The molecular formula is C12H13BrN2S. The summed E-state index contributed by atoms with van der Waals surface area (Å²) in [6, 6.07) is 6.30. The number of thiazole rings is 1. The van der Waals surface area contributed by atoms with E-state index >= 15 is 0 Å². The smallest absolute Gasteiger partial charge is 0.123 e. The zero-order valence-electron chi connectivity index (χ0n) is 9.25. The predicted molar refractivity (Wildman–Crippen MR) is 72.6 cm³/mol. The Kier molecular flexibility index (Phi) is 3.42. The predicted octanol–water partition coefficient (Wildman–Crippen LogP) is 3.65. The summed E-state index contributed by atoms with van der Waals surface area (Å²) in [5.74, 6) is 0. The highest BCUT2D eigenvalue weighted by atomic mass is 79.9. The molecule has 16 heavy (non-hydrogen) atoms. The van der Waals surface area contributed by atoms with E-state index in [4.69, 9.17) is 5.73 Å². The van der Waals surface area contributed by atoms with Gasteiger partial charge in [-0.05, 0) is 25.5 Å². The second kappa shape index (κ2) is 4.65. The fourth-order valence-electron chi connectivity index (χ4n) is 1.47. The second-order valence-electron chi connectivity index (χ2n) is 3.70. The number of hydrogen-bond donors (Lipinski definition) is 1. The quantitative estimate of drug-likeness (QED) is 0.919. The van der Waals surface area contributed by atoms with E-state index in [0.29, 0.717) is 6.54 Å². The molecule has 2 rings (SSSR count). The normalized spacial score (nSPS) is 10.8. The maximum Gasteiger partial charge on any atom is 0.123 e. The van der Waals surface area contributed by atoms with Gasteiger partial charge in [0.05, 0.1) is 5.69 Å². The molecule has 4 heteroatoms. The van der Waals surface area contributed by atoms with Gasteiger partial charge < -0.3 is 5.73 Å². The lowest BCUT2D eigenvalue weighted by molar-refractivity contribution is 1.06. The van der Waals surface area contributed by atoms with Crippen molar-refractivity contribution in [2.75, 3.05) is 0 Å². The van der Waals surface area contributed by atoms with Crippen molar-refractivity contribution in [1.82, 2.24) is 4.98 Å². The number of benzene rings is 1. The highest BCUT2D eigenvalue weighted by molar-refractivity contribution is 9.10. The first-order valence-corrected chi connectivity index (χ1v) is 6.65. The van der Waals surface area contributed by atoms with Crippen LogP contribution in [-0.4, -0.2) is 4.98 Å². The van der Waals surface area contributed by atoms with E-state index < -0.39 is 0 Å². The van der Waals surface area contributed by atoms with Gasteiger partial charge in [-0.1, -0.05) is 28.1 Å². The topological polar surface area (TPSA) is 38.9 Å². The second-order valence-corrected chi connectivity index (χ2v) is 5.63. The minimum absolute atomic E-state index is 0.566. The molecule has 0 aliphatic heterocycles. The Bertz CT molecular complexity index is 520. The fourth-order valence-corrected chi connectivity index (χ4v) is 2.78. The summed E-state index contributed by atoms with van der Waals surface area (Å²) in [5.41, 5.74) is 9.07. The van der Waals surface area contributed by atoms with Gasteiger partial charge in [-0.3, -0.25) is 0 Å². The molecule has 0 radical (unpaired) electrons. The Morgan fingerprint density at radius 3 is 2.69 bits per heavy atom. The number of aryl methyl sites for hydroxylation is 2. The molecule has 0 fully saturated rings. The lowest BCUT2D eigenvalue weighted by Crippen LogP contribution is -1.94. The van der Waals surface area contributed by atoms with Crippen LogP contribution in [0.3, 0.4) is 0 Å². The summed E-state index contributed by atoms with van der Waals surface area (Å²) in [6.45, 7) is 4.65. The molecular weight excluding hydrogens is 284 g/mol. The minimum atomic E-state index is 0.566. The first-order chi connectivity index (χ1) is 7.61. The van der Waals surface area contributed by atoms with Gasteiger partial charge in [-0.15, -0.1) is 11.3 Å². The zero-order valence-corrected chi connectivity index (χ0v) is 11.7. The lowest BCUT2D eigenvalue weighted by atomic mass is 10.2. The Hall–Kier alpha value is -0.710. The third-order valence-corrected chi connectivity index (χ3v) is 4.58.